The van der Waals surface area contributed by atoms with Crippen molar-refractivity contribution in [3.05, 3.63) is 0 Å². The predicted molar refractivity (Wildman–Crippen MR) is 78.5 cm³/mol. The van der Waals surface area contributed by atoms with Gasteiger partial charge in [0.15, 0.2) is 0 Å². The summed E-state index contributed by atoms with van der Waals surface area (Å²) in [7, 11) is 6.42. The number of unbranched alkanes of at least 4 members (excludes halogenated alkanes) is 6. The van der Waals surface area contributed by atoms with Gasteiger partial charge in [-0.3, -0.25) is 4.79 Å². The summed E-state index contributed by atoms with van der Waals surface area (Å²) in [4.78, 5) is 11.5. The van der Waals surface area contributed by atoms with E-state index in [4.69, 9.17) is 0 Å². The lowest BCUT2D eigenvalue weighted by Gasteiger charge is -2.23. The summed E-state index contributed by atoms with van der Waals surface area (Å²) in [6, 6.07) is 0. The minimum atomic E-state index is 0. The summed E-state index contributed by atoms with van der Waals surface area (Å²) in [5.41, 5.74) is 0. The van der Waals surface area contributed by atoms with Crippen LogP contribution in [0.25, 0.3) is 0 Å². The van der Waals surface area contributed by atoms with E-state index in [0.717, 1.165) is 24.0 Å². The molecule has 0 bridgehead atoms. The lowest BCUT2D eigenvalue weighted by molar-refractivity contribution is -0.869. The van der Waals surface area contributed by atoms with Crippen molar-refractivity contribution >= 4 is 5.91 Å². The number of halogens is 1. The van der Waals surface area contributed by atoms with Crippen LogP contribution in [0.5, 0.6) is 0 Å². The molecule has 0 rings (SSSR count). The first-order valence-electron chi connectivity index (χ1n) is 7.53. The van der Waals surface area contributed by atoms with Crippen molar-refractivity contribution < 1.29 is 21.7 Å². The fourth-order valence-corrected chi connectivity index (χ4v) is 1.86. The molecular formula is C15H33ClN2O. The van der Waals surface area contributed by atoms with Gasteiger partial charge in [0.1, 0.15) is 0 Å². The van der Waals surface area contributed by atoms with Crippen molar-refractivity contribution in [1.82, 2.24) is 5.32 Å². The lowest BCUT2D eigenvalue weighted by Crippen LogP contribution is -3.00. The molecule has 4 heteroatoms. The highest BCUT2D eigenvalue weighted by Gasteiger charge is 2.07. The molecule has 0 aliphatic heterocycles. The molecule has 0 unspecified atom stereocenters. The number of carbonyl (C=O) groups is 1. The molecule has 0 spiro atoms. The molecule has 0 radical (unpaired) electrons. The number of hydrogen-bond acceptors (Lipinski definition) is 1. The second-order valence-corrected chi connectivity index (χ2v) is 6.24. The Labute approximate surface area is 126 Å². The minimum Gasteiger partial charge on any atom is -1.00 e. The first kappa shape index (κ1) is 21.0. The van der Waals surface area contributed by atoms with Crippen LogP contribution >= 0.6 is 0 Å². The average Bonchev–Trinajstić information content (AvgIpc) is 2.26. The van der Waals surface area contributed by atoms with Crippen LogP contribution in [0.1, 0.15) is 58.3 Å². The van der Waals surface area contributed by atoms with Crippen molar-refractivity contribution in [3.8, 4) is 0 Å². The third-order valence-electron chi connectivity index (χ3n) is 3.11. The molecule has 3 nitrogen and oxygen atoms in total. The van der Waals surface area contributed by atoms with Crippen LogP contribution in [0.15, 0.2) is 0 Å². The third-order valence-corrected chi connectivity index (χ3v) is 3.11. The molecule has 1 amide bonds. The molecule has 0 aromatic heterocycles. The Kier molecular flexibility index (Phi) is 14.1. The molecule has 0 aliphatic carbocycles. The zero-order valence-electron chi connectivity index (χ0n) is 13.3. The highest BCUT2D eigenvalue weighted by atomic mass is 35.5. The van der Waals surface area contributed by atoms with Gasteiger partial charge in [0.2, 0.25) is 5.91 Å². The van der Waals surface area contributed by atoms with Gasteiger partial charge in [0, 0.05) is 6.42 Å². The van der Waals surface area contributed by atoms with Crippen LogP contribution in [-0.4, -0.2) is 44.6 Å². The van der Waals surface area contributed by atoms with E-state index >= 15 is 0 Å². The third kappa shape index (κ3) is 17.7. The fourth-order valence-electron chi connectivity index (χ4n) is 1.86. The molecule has 0 saturated heterocycles. The Bertz CT molecular complexity index is 215. The van der Waals surface area contributed by atoms with Gasteiger partial charge in [-0.15, -0.1) is 0 Å². The van der Waals surface area contributed by atoms with Crippen LogP contribution in [0.3, 0.4) is 0 Å². The van der Waals surface area contributed by atoms with E-state index < -0.39 is 0 Å². The van der Waals surface area contributed by atoms with Crippen molar-refractivity contribution in [2.75, 3.05) is 34.2 Å². The summed E-state index contributed by atoms with van der Waals surface area (Å²) < 4.78 is 0.901. The average molecular weight is 293 g/mol. The Balaban J connectivity index is 0. The van der Waals surface area contributed by atoms with Gasteiger partial charge in [-0.05, 0) is 6.42 Å². The van der Waals surface area contributed by atoms with E-state index in [1.54, 1.807) is 0 Å². The molecule has 0 aromatic carbocycles. The topological polar surface area (TPSA) is 29.1 Å². The molecule has 116 valence electrons. The zero-order chi connectivity index (χ0) is 13.9. The second kappa shape index (κ2) is 12.7. The zero-order valence-corrected chi connectivity index (χ0v) is 14.1. The molecule has 0 heterocycles. The van der Waals surface area contributed by atoms with Crippen molar-refractivity contribution in [2.45, 2.75) is 58.3 Å². The molecule has 0 saturated carbocycles. The van der Waals surface area contributed by atoms with E-state index in [-0.39, 0.29) is 18.3 Å². The number of likely N-dealkylation sites (N-methyl/N-ethyl adjacent to an activating group) is 1. The first-order chi connectivity index (χ1) is 8.45. The Morgan fingerprint density at radius 1 is 0.947 bits per heavy atom. The maximum Gasteiger partial charge on any atom is 0.220 e. The molecule has 19 heavy (non-hydrogen) atoms. The number of nitrogens with zero attached hydrogens (tertiary/aromatic N) is 1. The fraction of sp³-hybridized carbons (Fsp3) is 0.933. The number of rotatable bonds is 11. The van der Waals surface area contributed by atoms with Crippen molar-refractivity contribution in [2.24, 2.45) is 0 Å². The summed E-state index contributed by atoms with van der Waals surface area (Å²) >= 11 is 0. The first-order valence-corrected chi connectivity index (χ1v) is 7.53. The van der Waals surface area contributed by atoms with Crippen LogP contribution in [-0.2, 0) is 4.79 Å². The molecule has 0 aliphatic rings. The van der Waals surface area contributed by atoms with E-state index in [1.165, 1.54) is 38.5 Å². The Morgan fingerprint density at radius 2 is 1.47 bits per heavy atom. The van der Waals surface area contributed by atoms with E-state index in [1.807, 2.05) is 0 Å². The van der Waals surface area contributed by atoms with Gasteiger partial charge in [-0.25, -0.2) is 0 Å². The lowest BCUT2D eigenvalue weighted by atomic mass is 10.1. The monoisotopic (exact) mass is 292 g/mol. The predicted octanol–water partition coefficient (Wildman–Crippen LogP) is -0.0465. The minimum absolute atomic E-state index is 0. The number of hydrogen-bond donors (Lipinski definition) is 1. The van der Waals surface area contributed by atoms with Gasteiger partial charge < -0.3 is 22.2 Å². The number of amides is 1. The number of carbonyl (C=O) groups excluding carboxylic acids is 1. The second-order valence-electron chi connectivity index (χ2n) is 6.24. The normalized spacial score (nSPS) is 10.9. The van der Waals surface area contributed by atoms with Gasteiger partial charge in [0.25, 0.3) is 0 Å². The van der Waals surface area contributed by atoms with E-state index in [0.29, 0.717) is 6.42 Å². The molecule has 0 atom stereocenters. The van der Waals surface area contributed by atoms with Crippen molar-refractivity contribution in [3.63, 3.8) is 0 Å². The summed E-state index contributed by atoms with van der Waals surface area (Å²) in [5.74, 6) is 0.219. The Morgan fingerprint density at radius 3 is 2.00 bits per heavy atom. The maximum absolute atomic E-state index is 11.5. The molecule has 1 N–H and O–H groups in total. The maximum atomic E-state index is 11.5. The van der Waals surface area contributed by atoms with Gasteiger partial charge >= 0.3 is 0 Å². The molecular weight excluding hydrogens is 260 g/mol. The van der Waals surface area contributed by atoms with E-state index in [2.05, 4.69) is 33.4 Å². The quantitative estimate of drug-likeness (QED) is 0.420. The SMILES string of the molecule is CCCCCCCCCC(=O)NCC[N+](C)(C)C.[Cl-]. The summed E-state index contributed by atoms with van der Waals surface area (Å²) in [5, 5.41) is 3.00. The van der Waals surface area contributed by atoms with Crippen LogP contribution in [0.2, 0.25) is 0 Å². The number of quaternary nitrogens is 1. The summed E-state index contributed by atoms with van der Waals surface area (Å²) in [6.07, 6.45) is 9.56. The van der Waals surface area contributed by atoms with Gasteiger partial charge in [-0.2, -0.15) is 0 Å². The smallest absolute Gasteiger partial charge is 0.220 e. The Hall–Kier alpha value is -0.280. The highest BCUT2D eigenvalue weighted by molar-refractivity contribution is 5.75. The van der Waals surface area contributed by atoms with Crippen molar-refractivity contribution in [1.29, 1.82) is 0 Å². The number of nitrogens with one attached hydrogen (secondary N) is 1. The summed E-state index contributed by atoms with van der Waals surface area (Å²) in [6.45, 7) is 4.02. The molecule has 0 aromatic rings. The van der Waals surface area contributed by atoms with Crippen LogP contribution < -0.4 is 17.7 Å². The van der Waals surface area contributed by atoms with Gasteiger partial charge in [0.05, 0.1) is 34.2 Å². The van der Waals surface area contributed by atoms with Gasteiger partial charge in [-0.1, -0.05) is 45.4 Å². The van der Waals surface area contributed by atoms with E-state index in [9.17, 15) is 4.79 Å². The standard InChI is InChI=1S/C15H32N2O.ClH/c1-5-6-7-8-9-10-11-12-15(18)16-13-14-17(2,3)4;/h5-14H2,1-4H3;1H. The molecule has 0 fully saturated rings. The highest BCUT2D eigenvalue weighted by Crippen LogP contribution is 2.08. The van der Waals surface area contributed by atoms with Crippen LogP contribution in [0, 0.1) is 0 Å². The largest absolute Gasteiger partial charge is 1.00 e. The van der Waals surface area contributed by atoms with Crippen LogP contribution in [0.4, 0.5) is 0 Å².